The summed E-state index contributed by atoms with van der Waals surface area (Å²) in [7, 11) is 0. The molecule has 1 amide bonds. The van der Waals surface area contributed by atoms with Crippen LogP contribution in [-0.2, 0) is 0 Å². The highest BCUT2D eigenvalue weighted by atomic mass is 32.2. The minimum Gasteiger partial charge on any atom is -0.486 e. The van der Waals surface area contributed by atoms with Crippen LogP contribution in [0, 0.1) is 10.1 Å². The Balaban J connectivity index is 1.45. The second-order valence-corrected chi connectivity index (χ2v) is 7.81. The summed E-state index contributed by atoms with van der Waals surface area (Å²) in [6.45, 7) is 0.285. The quantitative estimate of drug-likeness (QED) is 0.259. The van der Waals surface area contributed by atoms with Gasteiger partial charge < -0.3 is 10.1 Å². The molecule has 1 aliphatic carbocycles. The average molecular weight is 409 g/mol. The predicted molar refractivity (Wildman–Crippen MR) is 112 cm³/mol. The number of hydrogen-bond acceptors (Lipinski definition) is 6. The minimum atomic E-state index is -0.460. The second kappa shape index (κ2) is 8.48. The monoisotopic (exact) mass is 409 g/mol. The van der Waals surface area contributed by atoms with E-state index in [2.05, 4.69) is 10.3 Å². The SMILES string of the molecule is O=C(NC1CC1)c1cc(SCCOc2ccccc2[N+](=O)[O-])nc2ccccc12. The Morgan fingerprint density at radius 3 is 2.76 bits per heavy atom. The van der Waals surface area contributed by atoms with E-state index in [1.54, 1.807) is 24.3 Å². The van der Waals surface area contributed by atoms with Crippen LogP contribution >= 0.6 is 11.8 Å². The maximum atomic E-state index is 12.6. The standard InChI is InChI=1S/C21H19N3O4S/c25-21(22-14-9-10-14)16-13-20(23-17-6-2-1-5-15(16)17)29-12-11-28-19-8-4-3-7-18(19)24(26)27/h1-8,13-14H,9-12H2,(H,22,25). The van der Waals surface area contributed by atoms with Crippen LogP contribution in [0.1, 0.15) is 23.2 Å². The molecule has 1 heterocycles. The molecule has 29 heavy (non-hydrogen) atoms. The van der Waals surface area contributed by atoms with E-state index in [0.29, 0.717) is 11.3 Å². The Bertz CT molecular complexity index is 1070. The average Bonchev–Trinajstić information content (AvgIpc) is 3.54. The zero-order valence-corrected chi connectivity index (χ0v) is 16.4. The molecule has 1 aromatic heterocycles. The molecular formula is C21H19N3O4S. The first-order valence-corrected chi connectivity index (χ1v) is 10.3. The first-order chi connectivity index (χ1) is 14.1. The minimum absolute atomic E-state index is 0.0552. The maximum absolute atomic E-state index is 12.6. The Morgan fingerprint density at radius 1 is 1.21 bits per heavy atom. The number of fused-ring (bicyclic) bond motifs is 1. The van der Waals surface area contributed by atoms with E-state index in [1.165, 1.54) is 17.8 Å². The van der Waals surface area contributed by atoms with E-state index in [9.17, 15) is 14.9 Å². The van der Waals surface area contributed by atoms with Gasteiger partial charge in [0.2, 0.25) is 0 Å². The lowest BCUT2D eigenvalue weighted by Gasteiger charge is -2.10. The highest BCUT2D eigenvalue weighted by Gasteiger charge is 2.25. The number of ether oxygens (including phenoxy) is 1. The Kier molecular flexibility index (Phi) is 5.62. The molecular weight excluding hydrogens is 390 g/mol. The molecule has 1 saturated carbocycles. The van der Waals surface area contributed by atoms with Crippen molar-refractivity contribution in [2.24, 2.45) is 0 Å². The number of para-hydroxylation sites is 3. The number of rotatable bonds is 8. The van der Waals surface area contributed by atoms with E-state index in [-0.39, 0.29) is 30.0 Å². The topological polar surface area (TPSA) is 94.4 Å². The van der Waals surface area contributed by atoms with E-state index < -0.39 is 4.92 Å². The zero-order chi connectivity index (χ0) is 20.2. The smallest absolute Gasteiger partial charge is 0.310 e. The number of amides is 1. The van der Waals surface area contributed by atoms with Crippen molar-refractivity contribution >= 4 is 34.3 Å². The summed E-state index contributed by atoms with van der Waals surface area (Å²) in [4.78, 5) is 27.9. The van der Waals surface area contributed by atoms with Gasteiger partial charge in [-0.1, -0.05) is 30.3 Å². The van der Waals surface area contributed by atoms with Crippen LogP contribution in [0.5, 0.6) is 5.75 Å². The van der Waals surface area contributed by atoms with Gasteiger partial charge in [0.05, 0.1) is 27.6 Å². The molecule has 0 atom stereocenters. The molecule has 0 unspecified atom stereocenters. The molecule has 7 nitrogen and oxygen atoms in total. The third-order valence-electron chi connectivity index (χ3n) is 4.50. The first kappa shape index (κ1) is 19.2. The number of nitro groups is 1. The lowest BCUT2D eigenvalue weighted by atomic mass is 10.1. The molecule has 148 valence electrons. The van der Waals surface area contributed by atoms with E-state index in [1.807, 2.05) is 24.3 Å². The highest BCUT2D eigenvalue weighted by molar-refractivity contribution is 7.99. The number of hydrogen-bond donors (Lipinski definition) is 1. The van der Waals surface area contributed by atoms with Crippen LogP contribution in [0.3, 0.4) is 0 Å². The molecule has 0 spiro atoms. The molecule has 4 rings (SSSR count). The van der Waals surface area contributed by atoms with Gasteiger partial charge in [-0.2, -0.15) is 0 Å². The number of nitrogens with zero attached hydrogens (tertiary/aromatic N) is 2. The number of carbonyl (C=O) groups excluding carboxylic acids is 1. The molecule has 2 aromatic carbocycles. The van der Waals surface area contributed by atoms with Crippen molar-refractivity contribution in [2.45, 2.75) is 23.9 Å². The molecule has 1 N–H and O–H groups in total. The zero-order valence-electron chi connectivity index (χ0n) is 15.5. The Morgan fingerprint density at radius 2 is 1.97 bits per heavy atom. The fourth-order valence-electron chi connectivity index (χ4n) is 2.93. The van der Waals surface area contributed by atoms with Crippen molar-refractivity contribution in [1.29, 1.82) is 0 Å². The molecule has 8 heteroatoms. The molecule has 0 bridgehead atoms. The van der Waals surface area contributed by atoms with Crippen LogP contribution in [0.25, 0.3) is 10.9 Å². The van der Waals surface area contributed by atoms with Crippen LogP contribution in [0.15, 0.2) is 59.6 Å². The molecule has 0 radical (unpaired) electrons. The van der Waals surface area contributed by atoms with Gasteiger partial charge in [0.15, 0.2) is 5.75 Å². The van der Waals surface area contributed by atoms with Crippen molar-refractivity contribution in [3.63, 3.8) is 0 Å². The van der Waals surface area contributed by atoms with Crippen LogP contribution in [0.2, 0.25) is 0 Å². The van der Waals surface area contributed by atoms with Gasteiger partial charge in [0, 0.05) is 23.2 Å². The summed E-state index contributed by atoms with van der Waals surface area (Å²) in [5, 5.41) is 15.6. The maximum Gasteiger partial charge on any atom is 0.310 e. The highest BCUT2D eigenvalue weighted by Crippen LogP contribution is 2.28. The van der Waals surface area contributed by atoms with Gasteiger partial charge in [-0.25, -0.2) is 4.98 Å². The fraction of sp³-hybridized carbons (Fsp3) is 0.238. The number of pyridine rings is 1. The van der Waals surface area contributed by atoms with Gasteiger partial charge in [-0.05, 0) is 31.0 Å². The number of nitro benzene ring substituents is 1. The Hall–Kier alpha value is -3.13. The molecule has 1 aliphatic rings. The summed E-state index contributed by atoms with van der Waals surface area (Å²) in [5.74, 6) is 0.708. The van der Waals surface area contributed by atoms with Gasteiger partial charge in [-0.15, -0.1) is 11.8 Å². The van der Waals surface area contributed by atoms with E-state index in [4.69, 9.17) is 4.74 Å². The van der Waals surface area contributed by atoms with Crippen LogP contribution in [0.4, 0.5) is 5.69 Å². The van der Waals surface area contributed by atoms with Crippen molar-refractivity contribution < 1.29 is 14.5 Å². The summed E-state index contributed by atoms with van der Waals surface area (Å²) in [6, 6.07) is 16.0. The van der Waals surface area contributed by atoms with Gasteiger partial charge in [0.1, 0.15) is 0 Å². The largest absolute Gasteiger partial charge is 0.486 e. The second-order valence-electron chi connectivity index (χ2n) is 6.69. The molecule has 1 fully saturated rings. The number of nitrogens with one attached hydrogen (secondary N) is 1. The third-order valence-corrected chi connectivity index (χ3v) is 5.38. The number of aromatic nitrogens is 1. The summed E-state index contributed by atoms with van der Waals surface area (Å²) < 4.78 is 5.58. The fourth-order valence-corrected chi connectivity index (χ4v) is 3.67. The normalized spacial score (nSPS) is 13.2. The van der Waals surface area contributed by atoms with E-state index >= 15 is 0 Å². The summed E-state index contributed by atoms with van der Waals surface area (Å²) >= 11 is 1.45. The van der Waals surface area contributed by atoms with Gasteiger partial charge in [-0.3, -0.25) is 14.9 Å². The van der Waals surface area contributed by atoms with Crippen molar-refractivity contribution in [3.8, 4) is 5.75 Å². The molecule has 0 aliphatic heterocycles. The summed E-state index contributed by atoms with van der Waals surface area (Å²) in [6.07, 6.45) is 2.05. The number of carbonyl (C=O) groups is 1. The first-order valence-electron chi connectivity index (χ1n) is 9.31. The molecule has 0 saturated heterocycles. The van der Waals surface area contributed by atoms with E-state index in [0.717, 1.165) is 28.8 Å². The number of thioether (sulfide) groups is 1. The van der Waals surface area contributed by atoms with Crippen molar-refractivity contribution in [1.82, 2.24) is 10.3 Å². The van der Waals surface area contributed by atoms with Gasteiger partial charge >= 0.3 is 5.69 Å². The predicted octanol–water partition coefficient (Wildman–Crippen LogP) is 4.21. The van der Waals surface area contributed by atoms with Gasteiger partial charge in [0.25, 0.3) is 5.91 Å². The van der Waals surface area contributed by atoms with Crippen LogP contribution in [-0.4, -0.2) is 34.2 Å². The lowest BCUT2D eigenvalue weighted by molar-refractivity contribution is -0.385. The summed E-state index contributed by atoms with van der Waals surface area (Å²) in [5.41, 5.74) is 1.32. The number of benzene rings is 2. The third kappa shape index (κ3) is 4.65. The van der Waals surface area contributed by atoms with Crippen molar-refractivity contribution in [3.05, 3.63) is 70.3 Å². The molecule has 3 aromatic rings. The Labute approximate surface area is 171 Å². The lowest BCUT2D eigenvalue weighted by Crippen LogP contribution is -2.25. The van der Waals surface area contributed by atoms with Crippen LogP contribution < -0.4 is 10.1 Å². The van der Waals surface area contributed by atoms with Crippen molar-refractivity contribution in [2.75, 3.05) is 12.4 Å².